The third kappa shape index (κ3) is 5.97. The zero-order chi connectivity index (χ0) is 29.7. The van der Waals surface area contributed by atoms with E-state index in [1.807, 2.05) is 54.6 Å². The van der Waals surface area contributed by atoms with E-state index in [0.717, 1.165) is 45.1 Å². The van der Waals surface area contributed by atoms with Crippen molar-refractivity contribution in [3.8, 4) is 11.1 Å². The van der Waals surface area contributed by atoms with Crippen LogP contribution in [-0.2, 0) is 32.5 Å². The van der Waals surface area contributed by atoms with E-state index in [9.17, 15) is 8.42 Å². The second-order valence-electron chi connectivity index (χ2n) is 10.1. The maximum atomic E-state index is 14.2. The minimum Gasteiger partial charge on any atom is -0.382 e. The van der Waals surface area contributed by atoms with Crippen LogP contribution in [0.5, 0.6) is 0 Å². The van der Waals surface area contributed by atoms with Crippen molar-refractivity contribution in [1.29, 1.82) is 0 Å². The first kappa shape index (κ1) is 29.5. The number of hydrogen-bond acceptors (Lipinski definition) is 7. The molecule has 0 aliphatic carbocycles. The van der Waals surface area contributed by atoms with E-state index in [4.69, 9.17) is 19.0 Å². The van der Waals surface area contributed by atoms with Gasteiger partial charge in [-0.05, 0) is 49.6 Å². The van der Waals surface area contributed by atoms with Gasteiger partial charge >= 0.3 is 0 Å². The Morgan fingerprint density at radius 3 is 2.40 bits per heavy atom. The molecule has 0 spiro atoms. The molecule has 0 N–H and O–H groups in total. The smallest absolute Gasteiger partial charge is 0.269 e. The molecule has 0 fully saturated rings. The third-order valence-corrected chi connectivity index (χ3v) is 9.03. The largest absolute Gasteiger partial charge is 0.382 e. The van der Waals surface area contributed by atoms with Crippen molar-refractivity contribution in [3.63, 3.8) is 0 Å². The fourth-order valence-corrected chi connectivity index (χ4v) is 6.45. The summed E-state index contributed by atoms with van der Waals surface area (Å²) in [7, 11) is -2.53. The van der Waals surface area contributed by atoms with Crippen molar-refractivity contribution in [2.24, 2.45) is 0 Å². The summed E-state index contributed by atoms with van der Waals surface area (Å²) in [6.07, 6.45) is 1.91. The van der Waals surface area contributed by atoms with Gasteiger partial charge in [0, 0.05) is 31.2 Å². The van der Waals surface area contributed by atoms with Gasteiger partial charge in [-0.2, -0.15) is 0 Å². The molecule has 0 radical (unpaired) electrons. The second-order valence-corrected chi connectivity index (χ2v) is 12.0. The standard InChI is InChI=1S/C32H36N4O5S/c1-5-10-31-33-28-12-7-8-13-29(28)35(31)21-25-15-17-26(18-16-25)27-11-6-9-14-30(27)42(37,38)36(22-40-20-19-39-4)32-23(2)24(3)34-41-32/h6-9,11-18H,5,10,19-22H2,1-4H3. The van der Waals surface area contributed by atoms with Gasteiger partial charge in [0.1, 0.15) is 12.6 Å². The fourth-order valence-electron chi connectivity index (χ4n) is 4.90. The quantitative estimate of drug-likeness (QED) is 0.121. The van der Waals surface area contributed by atoms with Gasteiger partial charge in [0.25, 0.3) is 10.0 Å². The van der Waals surface area contributed by atoms with Crippen LogP contribution in [0.4, 0.5) is 5.88 Å². The summed E-state index contributed by atoms with van der Waals surface area (Å²) in [6, 6.07) is 23.2. The third-order valence-electron chi connectivity index (χ3n) is 7.27. The zero-order valence-corrected chi connectivity index (χ0v) is 25.2. The lowest BCUT2D eigenvalue weighted by atomic mass is 10.0. The Balaban J connectivity index is 1.47. The van der Waals surface area contributed by atoms with E-state index < -0.39 is 10.0 Å². The van der Waals surface area contributed by atoms with Crippen LogP contribution in [0, 0.1) is 13.8 Å². The number of methoxy groups -OCH3 is 1. The van der Waals surface area contributed by atoms with Gasteiger partial charge in [-0.1, -0.05) is 66.7 Å². The molecule has 10 heteroatoms. The molecule has 5 aromatic rings. The number of ether oxygens (including phenoxy) is 2. The Hall–Kier alpha value is -3.99. The number of aryl methyl sites for hydroxylation is 2. The van der Waals surface area contributed by atoms with Crippen molar-refractivity contribution in [1.82, 2.24) is 14.7 Å². The normalized spacial score (nSPS) is 11.8. The topological polar surface area (TPSA) is 99.7 Å². The van der Waals surface area contributed by atoms with E-state index in [0.29, 0.717) is 30.0 Å². The second kappa shape index (κ2) is 12.9. The number of rotatable bonds is 13. The summed E-state index contributed by atoms with van der Waals surface area (Å²) < 4.78 is 47.9. The summed E-state index contributed by atoms with van der Waals surface area (Å²) in [6.45, 7) is 6.69. The van der Waals surface area contributed by atoms with E-state index in [1.165, 1.54) is 0 Å². The van der Waals surface area contributed by atoms with Crippen LogP contribution in [0.2, 0.25) is 0 Å². The average molecular weight is 589 g/mol. The van der Waals surface area contributed by atoms with Gasteiger partial charge in [0.2, 0.25) is 5.88 Å². The van der Waals surface area contributed by atoms with Crippen molar-refractivity contribution in [2.45, 2.75) is 45.1 Å². The first-order valence-corrected chi connectivity index (χ1v) is 15.4. The average Bonchev–Trinajstić information content (AvgIpc) is 3.52. The van der Waals surface area contributed by atoms with Crippen LogP contribution < -0.4 is 4.31 Å². The predicted octanol–water partition coefficient (Wildman–Crippen LogP) is 6.12. The molecular weight excluding hydrogens is 552 g/mol. The molecule has 220 valence electrons. The molecule has 2 aromatic heterocycles. The van der Waals surface area contributed by atoms with E-state index in [1.54, 1.807) is 33.1 Å². The van der Waals surface area contributed by atoms with Crippen molar-refractivity contribution >= 4 is 26.9 Å². The molecule has 0 saturated heterocycles. The Labute approximate surface area is 246 Å². The molecule has 42 heavy (non-hydrogen) atoms. The SMILES string of the molecule is CCCc1nc2ccccc2n1Cc1ccc(-c2ccccc2S(=O)(=O)N(COCCOC)c2onc(C)c2C)cc1. The van der Waals surface area contributed by atoms with Crippen LogP contribution in [0.15, 0.2) is 82.2 Å². The summed E-state index contributed by atoms with van der Waals surface area (Å²) in [5.41, 5.74) is 5.80. The molecule has 2 heterocycles. The highest BCUT2D eigenvalue weighted by Crippen LogP contribution is 2.34. The number of imidazole rings is 1. The van der Waals surface area contributed by atoms with Gasteiger partial charge in [0.05, 0.1) is 34.8 Å². The number of sulfonamides is 1. The summed E-state index contributed by atoms with van der Waals surface area (Å²) in [4.78, 5) is 4.99. The lowest BCUT2D eigenvalue weighted by Crippen LogP contribution is -2.34. The maximum absolute atomic E-state index is 14.2. The number of para-hydroxylation sites is 2. The molecule has 0 amide bonds. The van der Waals surface area contributed by atoms with E-state index in [-0.39, 0.29) is 24.1 Å². The highest BCUT2D eigenvalue weighted by Gasteiger charge is 2.32. The van der Waals surface area contributed by atoms with E-state index in [2.05, 4.69) is 22.7 Å². The Morgan fingerprint density at radius 1 is 0.952 bits per heavy atom. The van der Waals surface area contributed by atoms with Gasteiger partial charge in [-0.25, -0.2) is 17.7 Å². The first-order valence-electron chi connectivity index (χ1n) is 14.0. The van der Waals surface area contributed by atoms with Crippen LogP contribution in [0.25, 0.3) is 22.2 Å². The molecule has 0 aliphatic heterocycles. The Bertz CT molecular complexity index is 1760. The highest BCUT2D eigenvalue weighted by atomic mass is 32.2. The number of aromatic nitrogens is 3. The minimum atomic E-state index is -4.10. The summed E-state index contributed by atoms with van der Waals surface area (Å²) in [5.74, 6) is 1.19. The van der Waals surface area contributed by atoms with Crippen LogP contribution >= 0.6 is 0 Å². The molecule has 3 aromatic carbocycles. The fraction of sp³-hybridized carbons (Fsp3) is 0.312. The molecular formula is C32H36N4O5S. The molecule has 9 nitrogen and oxygen atoms in total. The Morgan fingerprint density at radius 2 is 1.69 bits per heavy atom. The monoisotopic (exact) mass is 588 g/mol. The molecule has 0 unspecified atom stereocenters. The minimum absolute atomic E-state index is 0.130. The number of fused-ring (bicyclic) bond motifs is 1. The van der Waals surface area contributed by atoms with Crippen LogP contribution in [0.1, 0.15) is 36.0 Å². The van der Waals surface area contributed by atoms with Gasteiger partial charge in [-0.3, -0.25) is 0 Å². The maximum Gasteiger partial charge on any atom is 0.269 e. The Kier molecular flexibility index (Phi) is 9.06. The van der Waals surface area contributed by atoms with Crippen LogP contribution in [0.3, 0.4) is 0 Å². The summed E-state index contributed by atoms with van der Waals surface area (Å²) >= 11 is 0. The zero-order valence-electron chi connectivity index (χ0n) is 24.4. The first-order chi connectivity index (χ1) is 20.3. The van der Waals surface area contributed by atoms with Crippen LogP contribution in [-0.4, -0.2) is 50.2 Å². The molecule has 5 rings (SSSR count). The number of benzene rings is 3. The predicted molar refractivity (Wildman–Crippen MR) is 163 cm³/mol. The van der Waals surface area contributed by atoms with Crippen molar-refractivity contribution < 1.29 is 22.4 Å². The molecule has 0 atom stereocenters. The van der Waals surface area contributed by atoms with E-state index >= 15 is 0 Å². The van der Waals surface area contributed by atoms with Crippen molar-refractivity contribution in [2.75, 3.05) is 31.4 Å². The number of anilines is 1. The summed E-state index contributed by atoms with van der Waals surface area (Å²) in [5, 5.41) is 3.98. The molecule has 0 aliphatic rings. The van der Waals surface area contributed by atoms with Gasteiger partial charge < -0.3 is 18.6 Å². The number of hydrogen-bond donors (Lipinski definition) is 0. The van der Waals surface area contributed by atoms with Gasteiger partial charge in [0.15, 0.2) is 0 Å². The van der Waals surface area contributed by atoms with Crippen molar-refractivity contribution in [3.05, 3.63) is 95.4 Å². The van der Waals surface area contributed by atoms with Gasteiger partial charge in [-0.15, -0.1) is 0 Å². The lowest BCUT2D eigenvalue weighted by molar-refractivity contribution is 0.0744. The highest BCUT2D eigenvalue weighted by molar-refractivity contribution is 7.93. The lowest BCUT2D eigenvalue weighted by Gasteiger charge is -2.23. The molecule has 0 bridgehead atoms. The number of nitrogens with zero attached hydrogens (tertiary/aromatic N) is 4. The molecule has 0 saturated carbocycles.